The maximum absolute atomic E-state index is 11.8. The van der Waals surface area contributed by atoms with Crippen molar-refractivity contribution in [2.45, 2.75) is 44.1 Å². The van der Waals surface area contributed by atoms with Crippen molar-refractivity contribution in [3.05, 3.63) is 29.3 Å². The van der Waals surface area contributed by atoms with Gasteiger partial charge in [0.1, 0.15) is 0 Å². The second kappa shape index (κ2) is 7.61. The summed E-state index contributed by atoms with van der Waals surface area (Å²) in [6, 6.07) is 6.72. The van der Waals surface area contributed by atoms with Crippen LogP contribution < -0.4 is 10.6 Å². The Morgan fingerprint density at radius 3 is 2.36 bits per heavy atom. The highest BCUT2D eigenvalue weighted by Gasteiger charge is 2.31. The predicted octanol–water partition coefficient (Wildman–Crippen LogP) is 2.48. The molecular formula is C16H21ClN2O3. The minimum atomic E-state index is -0.908. The average molecular weight is 325 g/mol. The van der Waals surface area contributed by atoms with Crippen LogP contribution in [0.15, 0.2) is 24.3 Å². The van der Waals surface area contributed by atoms with Crippen LogP contribution in [0.3, 0.4) is 0 Å². The summed E-state index contributed by atoms with van der Waals surface area (Å²) in [5.74, 6) is -0.609. The molecule has 1 aromatic carbocycles. The van der Waals surface area contributed by atoms with Crippen LogP contribution in [0.5, 0.6) is 0 Å². The Morgan fingerprint density at radius 1 is 1.09 bits per heavy atom. The highest BCUT2D eigenvalue weighted by atomic mass is 35.5. The van der Waals surface area contributed by atoms with Crippen LogP contribution in [0.25, 0.3) is 0 Å². The molecule has 2 amide bonds. The maximum atomic E-state index is 11.8. The summed E-state index contributed by atoms with van der Waals surface area (Å²) in [4.78, 5) is 23.6. The summed E-state index contributed by atoms with van der Waals surface area (Å²) in [5.41, 5.74) is -0.288. The minimum absolute atomic E-state index is 0.0568. The van der Waals surface area contributed by atoms with Crippen LogP contribution in [0.2, 0.25) is 5.02 Å². The van der Waals surface area contributed by atoms with Crippen molar-refractivity contribution in [1.82, 2.24) is 5.32 Å². The second-order valence-electron chi connectivity index (χ2n) is 5.79. The van der Waals surface area contributed by atoms with E-state index in [0.29, 0.717) is 23.6 Å². The Balaban J connectivity index is 1.73. The summed E-state index contributed by atoms with van der Waals surface area (Å²) in [7, 11) is 0. The lowest BCUT2D eigenvalue weighted by molar-refractivity contribution is -0.129. The number of aliphatic hydroxyl groups is 1. The van der Waals surface area contributed by atoms with Gasteiger partial charge < -0.3 is 15.7 Å². The fourth-order valence-electron chi connectivity index (χ4n) is 2.67. The maximum Gasteiger partial charge on any atom is 0.243 e. The molecule has 0 aromatic heterocycles. The van der Waals surface area contributed by atoms with Gasteiger partial charge in [-0.05, 0) is 37.1 Å². The van der Waals surface area contributed by atoms with Crippen LogP contribution >= 0.6 is 11.6 Å². The number of hydrogen-bond acceptors (Lipinski definition) is 3. The van der Waals surface area contributed by atoms with E-state index in [-0.39, 0.29) is 24.8 Å². The van der Waals surface area contributed by atoms with Crippen molar-refractivity contribution in [3.8, 4) is 0 Å². The zero-order valence-electron chi connectivity index (χ0n) is 12.4. The van der Waals surface area contributed by atoms with Gasteiger partial charge in [-0.15, -0.1) is 0 Å². The SMILES string of the molecule is O=C(CC1(O)CCCCC1)NCC(=O)Nc1ccc(Cl)cc1. The first-order valence-corrected chi connectivity index (χ1v) is 7.89. The molecule has 5 nitrogen and oxygen atoms in total. The van der Waals surface area contributed by atoms with Gasteiger partial charge in [0, 0.05) is 10.7 Å². The molecule has 22 heavy (non-hydrogen) atoms. The van der Waals surface area contributed by atoms with Crippen LogP contribution in [0, 0.1) is 0 Å². The third-order valence-electron chi connectivity index (χ3n) is 3.85. The van der Waals surface area contributed by atoms with Gasteiger partial charge >= 0.3 is 0 Å². The number of anilines is 1. The molecule has 0 unspecified atom stereocenters. The zero-order valence-corrected chi connectivity index (χ0v) is 13.2. The number of hydrogen-bond donors (Lipinski definition) is 3. The third-order valence-corrected chi connectivity index (χ3v) is 4.10. The minimum Gasteiger partial charge on any atom is -0.389 e. The van der Waals surface area contributed by atoms with Gasteiger partial charge in [0.15, 0.2) is 0 Å². The molecule has 1 aromatic rings. The van der Waals surface area contributed by atoms with Crippen LogP contribution in [0.4, 0.5) is 5.69 Å². The molecule has 1 aliphatic rings. The standard InChI is InChI=1S/C16H21ClN2O3/c17-12-4-6-13(7-5-12)19-15(21)11-18-14(20)10-16(22)8-2-1-3-9-16/h4-7,22H,1-3,8-11H2,(H,18,20)(H,19,21). The van der Waals surface area contributed by atoms with E-state index in [2.05, 4.69) is 10.6 Å². The molecule has 6 heteroatoms. The van der Waals surface area contributed by atoms with Gasteiger partial charge in [-0.2, -0.15) is 0 Å². The first kappa shape index (κ1) is 16.8. The van der Waals surface area contributed by atoms with E-state index < -0.39 is 5.60 Å². The summed E-state index contributed by atoms with van der Waals surface area (Å²) in [6.07, 6.45) is 4.35. The first-order chi connectivity index (χ1) is 10.5. The third kappa shape index (κ3) is 5.31. The number of carbonyl (C=O) groups is 2. The van der Waals surface area contributed by atoms with Crippen LogP contribution in [0.1, 0.15) is 38.5 Å². The lowest BCUT2D eigenvalue weighted by Gasteiger charge is -2.31. The lowest BCUT2D eigenvalue weighted by atomic mass is 9.82. The second-order valence-corrected chi connectivity index (χ2v) is 6.23. The quantitative estimate of drug-likeness (QED) is 0.778. The monoisotopic (exact) mass is 324 g/mol. The highest BCUT2D eigenvalue weighted by Crippen LogP contribution is 2.30. The van der Waals surface area contributed by atoms with Gasteiger partial charge in [0.2, 0.25) is 11.8 Å². The molecule has 0 radical (unpaired) electrons. The van der Waals surface area contributed by atoms with Gasteiger partial charge in [0.25, 0.3) is 0 Å². The number of carbonyl (C=O) groups excluding carboxylic acids is 2. The Bertz CT molecular complexity index is 525. The van der Waals surface area contributed by atoms with Crippen LogP contribution in [-0.2, 0) is 9.59 Å². The van der Waals surface area contributed by atoms with Crippen molar-refractivity contribution in [2.24, 2.45) is 0 Å². The molecular weight excluding hydrogens is 304 g/mol. The van der Waals surface area contributed by atoms with E-state index in [1.165, 1.54) is 0 Å². The smallest absolute Gasteiger partial charge is 0.243 e. The highest BCUT2D eigenvalue weighted by molar-refractivity contribution is 6.30. The largest absolute Gasteiger partial charge is 0.389 e. The molecule has 120 valence electrons. The molecule has 0 atom stereocenters. The summed E-state index contributed by atoms with van der Waals surface area (Å²) in [5, 5.41) is 16.1. The molecule has 1 fully saturated rings. The van der Waals surface area contributed by atoms with Gasteiger partial charge in [-0.1, -0.05) is 30.9 Å². The number of benzene rings is 1. The summed E-state index contributed by atoms with van der Waals surface area (Å²) in [6.45, 7) is -0.114. The fourth-order valence-corrected chi connectivity index (χ4v) is 2.79. The molecule has 1 saturated carbocycles. The van der Waals surface area contributed by atoms with Crippen molar-refractivity contribution in [3.63, 3.8) is 0 Å². The van der Waals surface area contributed by atoms with E-state index in [0.717, 1.165) is 19.3 Å². The Morgan fingerprint density at radius 2 is 1.73 bits per heavy atom. The predicted molar refractivity (Wildman–Crippen MR) is 85.7 cm³/mol. The van der Waals surface area contributed by atoms with Crippen molar-refractivity contribution in [1.29, 1.82) is 0 Å². The zero-order chi connectivity index (χ0) is 16.0. The molecule has 1 aliphatic carbocycles. The van der Waals surface area contributed by atoms with E-state index in [1.54, 1.807) is 24.3 Å². The van der Waals surface area contributed by atoms with Gasteiger partial charge in [-0.25, -0.2) is 0 Å². The molecule has 3 N–H and O–H groups in total. The van der Waals surface area contributed by atoms with E-state index in [1.807, 2.05) is 0 Å². The van der Waals surface area contributed by atoms with Crippen molar-refractivity contribution >= 4 is 29.1 Å². The number of nitrogens with one attached hydrogen (secondary N) is 2. The summed E-state index contributed by atoms with van der Waals surface area (Å²) >= 11 is 5.76. The van der Waals surface area contributed by atoms with E-state index >= 15 is 0 Å². The molecule has 0 aliphatic heterocycles. The van der Waals surface area contributed by atoms with E-state index in [4.69, 9.17) is 11.6 Å². The Hall–Kier alpha value is -1.59. The first-order valence-electron chi connectivity index (χ1n) is 7.51. The molecule has 2 rings (SSSR count). The van der Waals surface area contributed by atoms with Crippen LogP contribution in [-0.4, -0.2) is 29.1 Å². The molecule has 0 spiro atoms. The van der Waals surface area contributed by atoms with Gasteiger partial charge in [-0.3, -0.25) is 9.59 Å². The molecule has 0 bridgehead atoms. The lowest BCUT2D eigenvalue weighted by Crippen LogP contribution is -2.40. The van der Waals surface area contributed by atoms with Crippen molar-refractivity contribution in [2.75, 3.05) is 11.9 Å². The Kier molecular flexibility index (Phi) is 5.80. The van der Waals surface area contributed by atoms with Gasteiger partial charge in [0.05, 0.1) is 18.6 Å². The average Bonchev–Trinajstić information content (AvgIpc) is 2.48. The normalized spacial score (nSPS) is 16.8. The topological polar surface area (TPSA) is 78.4 Å². The number of amides is 2. The molecule has 0 heterocycles. The Labute approximate surface area is 135 Å². The van der Waals surface area contributed by atoms with E-state index in [9.17, 15) is 14.7 Å². The summed E-state index contributed by atoms with van der Waals surface area (Å²) < 4.78 is 0. The van der Waals surface area contributed by atoms with Crippen molar-refractivity contribution < 1.29 is 14.7 Å². The molecule has 0 saturated heterocycles. The fraction of sp³-hybridized carbons (Fsp3) is 0.500. The number of halogens is 1. The number of rotatable bonds is 5.